The van der Waals surface area contributed by atoms with Gasteiger partial charge in [0.1, 0.15) is 17.1 Å². The predicted octanol–water partition coefficient (Wildman–Crippen LogP) is 2.97. The zero-order chi connectivity index (χ0) is 23.2. The van der Waals surface area contributed by atoms with Crippen molar-refractivity contribution in [3.63, 3.8) is 0 Å². The number of alkyl halides is 3. The van der Waals surface area contributed by atoms with Crippen LogP contribution in [0, 0.1) is 0 Å². The number of anilines is 1. The fourth-order valence-corrected chi connectivity index (χ4v) is 3.85. The number of amides is 1. The number of nitrogens with two attached hydrogens (primary N) is 1. The summed E-state index contributed by atoms with van der Waals surface area (Å²) >= 11 is 0. The number of hydrogen-bond acceptors (Lipinski definition) is 7. The quantitative estimate of drug-likeness (QED) is 0.503. The molecule has 12 heteroatoms. The van der Waals surface area contributed by atoms with E-state index in [1.54, 1.807) is 40.0 Å². The van der Waals surface area contributed by atoms with Gasteiger partial charge in [0, 0.05) is 12.1 Å². The van der Waals surface area contributed by atoms with Crippen molar-refractivity contribution < 1.29 is 27.4 Å². The first-order valence-corrected chi connectivity index (χ1v) is 9.92. The molecule has 9 nitrogen and oxygen atoms in total. The number of nitrogens with zero attached hydrogens (tertiary/aromatic N) is 5. The van der Waals surface area contributed by atoms with E-state index >= 15 is 0 Å². The van der Waals surface area contributed by atoms with E-state index in [4.69, 9.17) is 10.5 Å². The average Bonchev–Trinajstić information content (AvgIpc) is 3.29. The number of carbonyl (C=O) groups excluding carboxylic acids is 1. The average molecular weight is 458 g/mol. The van der Waals surface area contributed by atoms with Crippen molar-refractivity contribution in [2.45, 2.75) is 12.4 Å². The first-order valence-electron chi connectivity index (χ1n) is 9.92. The molecule has 4 aromatic rings. The molecule has 0 spiro atoms. The van der Waals surface area contributed by atoms with Gasteiger partial charge in [0.15, 0.2) is 0 Å². The SMILES string of the molecule is Nc1nc2ccc(C(=O)N3CCOCC3c3ccc(OC(F)(F)F)cn3)cc2n2cncc12. The van der Waals surface area contributed by atoms with Crippen molar-refractivity contribution in [3.8, 4) is 5.75 Å². The van der Waals surface area contributed by atoms with E-state index in [0.717, 1.165) is 12.3 Å². The molecule has 1 unspecified atom stereocenters. The molecule has 0 bridgehead atoms. The smallest absolute Gasteiger partial charge is 0.404 e. The predicted molar refractivity (Wildman–Crippen MR) is 110 cm³/mol. The first-order chi connectivity index (χ1) is 15.8. The molecule has 1 atom stereocenters. The highest BCUT2D eigenvalue weighted by atomic mass is 19.4. The third-order valence-corrected chi connectivity index (χ3v) is 5.35. The number of imidazole rings is 1. The van der Waals surface area contributed by atoms with Crippen LogP contribution in [0.15, 0.2) is 49.1 Å². The summed E-state index contributed by atoms with van der Waals surface area (Å²) in [6.07, 6.45) is -0.653. The second-order valence-corrected chi connectivity index (χ2v) is 7.41. The van der Waals surface area contributed by atoms with E-state index < -0.39 is 18.2 Å². The van der Waals surface area contributed by atoms with Crippen LogP contribution in [0.4, 0.5) is 19.0 Å². The minimum absolute atomic E-state index is 0.162. The number of halogens is 3. The minimum atomic E-state index is -4.81. The number of carbonyl (C=O) groups is 1. The third kappa shape index (κ3) is 4.00. The highest BCUT2D eigenvalue weighted by Gasteiger charge is 2.33. The molecule has 0 aliphatic carbocycles. The van der Waals surface area contributed by atoms with Gasteiger partial charge in [-0.1, -0.05) is 0 Å². The van der Waals surface area contributed by atoms with Gasteiger partial charge in [0.2, 0.25) is 0 Å². The van der Waals surface area contributed by atoms with Crippen molar-refractivity contribution in [1.29, 1.82) is 0 Å². The fourth-order valence-electron chi connectivity index (χ4n) is 3.85. The Kier molecular flexibility index (Phi) is 5.01. The molecule has 3 aromatic heterocycles. The lowest BCUT2D eigenvalue weighted by atomic mass is 10.1. The Labute approximate surface area is 184 Å². The number of benzene rings is 1. The monoisotopic (exact) mass is 458 g/mol. The van der Waals surface area contributed by atoms with Crippen molar-refractivity contribution in [2.75, 3.05) is 25.5 Å². The first kappa shape index (κ1) is 20.9. The molecule has 2 N–H and O–H groups in total. The molecule has 1 amide bonds. The van der Waals surface area contributed by atoms with E-state index in [-0.39, 0.29) is 12.5 Å². The molecule has 170 valence electrons. The molecule has 5 rings (SSSR count). The highest BCUT2D eigenvalue weighted by molar-refractivity contribution is 5.98. The minimum Gasteiger partial charge on any atom is -0.404 e. The Bertz CT molecular complexity index is 1340. The maximum Gasteiger partial charge on any atom is 0.573 e. The lowest BCUT2D eigenvalue weighted by molar-refractivity contribution is -0.274. The second kappa shape index (κ2) is 7.89. The molecule has 1 fully saturated rings. The summed E-state index contributed by atoms with van der Waals surface area (Å²) in [4.78, 5) is 27.5. The van der Waals surface area contributed by atoms with E-state index in [0.29, 0.717) is 46.8 Å². The third-order valence-electron chi connectivity index (χ3n) is 5.35. The second-order valence-electron chi connectivity index (χ2n) is 7.41. The van der Waals surface area contributed by atoms with Crippen LogP contribution < -0.4 is 10.5 Å². The van der Waals surface area contributed by atoms with Gasteiger partial charge < -0.3 is 20.1 Å². The van der Waals surface area contributed by atoms with Gasteiger partial charge >= 0.3 is 6.36 Å². The van der Waals surface area contributed by atoms with Crippen LogP contribution in [0.5, 0.6) is 5.75 Å². The van der Waals surface area contributed by atoms with Gasteiger partial charge in [-0.2, -0.15) is 0 Å². The molecule has 4 heterocycles. The largest absolute Gasteiger partial charge is 0.573 e. The molecule has 1 aromatic carbocycles. The molecule has 1 aliphatic rings. The van der Waals surface area contributed by atoms with Crippen LogP contribution in [-0.2, 0) is 4.74 Å². The standard InChI is InChI=1S/C21H17F3N6O3/c22-21(23,24)33-13-2-4-14(27-8-13)18-10-32-6-5-29(18)20(31)12-1-3-15-16(7-12)30-11-26-9-17(30)19(25)28-15/h1-4,7-9,11,18H,5-6,10H2,(H2,25,28). The number of ether oxygens (including phenoxy) is 2. The van der Waals surface area contributed by atoms with E-state index in [1.165, 1.54) is 6.07 Å². The number of pyridine rings is 1. The number of fused-ring (bicyclic) bond motifs is 3. The molecule has 0 saturated carbocycles. The maximum absolute atomic E-state index is 13.4. The molecule has 1 aliphatic heterocycles. The van der Waals surface area contributed by atoms with Crippen LogP contribution in [0.2, 0.25) is 0 Å². The summed E-state index contributed by atoms with van der Waals surface area (Å²) in [5, 5.41) is 0. The van der Waals surface area contributed by atoms with Crippen LogP contribution in [0.3, 0.4) is 0 Å². The van der Waals surface area contributed by atoms with Crippen molar-refractivity contribution in [1.82, 2.24) is 24.3 Å². The summed E-state index contributed by atoms with van der Waals surface area (Å²) in [7, 11) is 0. The summed E-state index contributed by atoms with van der Waals surface area (Å²) in [6, 6.07) is 7.05. The zero-order valence-corrected chi connectivity index (χ0v) is 17.0. The van der Waals surface area contributed by atoms with Gasteiger partial charge in [0.25, 0.3) is 5.91 Å². The molecular weight excluding hydrogens is 441 g/mol. The van der Waals surface area contributed by atoms with Gasteiger partial charge in [-0.05, 0) is 30.3 Å². The molecule has 33 heavy (non-hydrogen) atoms. The van der Waals surface area contributed by atoms with Crippen LogP contribution >= 0.6 is 0 Å². The highest BCUT2D eigenvalue weighted by Crippen LogP contribution is 2.29. The Morgan fingerprint density at radius 3 is 2.79 bits per heavy atom. The van der Waals surface area contributed by atoms with Crippen LogP contribution in [-0.4, -0.2) is 56.3 Å². The van der Waals surface area contributed by atoms with E-state index in [1.807, 2.05) is 0 Å². The zero-order valence-electron chi connectivity index (χ0n) is 17.0. The van der Waals surface area contributed by atoms with Gasteiger partial charge in [-0.25, -0.2) is 9.97 Å². The number of hydrogen-bond donors (Lipinski definition) is 1. The maximum atomic E-state index is 13.4. The summed E-state index contributed by atoms with van der Waals surface area (Å²) in [6.45, 7) is 0.787. The van der Waals surface area contributed by atoms with Crippen molar-refractivity contribution >= 4 is 28.3 Å². The van der Waals surface area contributed by atoms with Gasteiger partial charge in [-0.15, -0.1) is 13.2 Å². The molecular formula is C21H17F3N6O3. The normalized spacial score (nSPS) is 16.9. The van der Waals surface area contributed by atoms with Gasteiger partial charge in [-0.3, -0.25) is 14.2 Å². The van der Waals surface area contributed by atoms with Crippen molar-refractivity contribution in [2.24, 2.45) is 0 Å². The van der Waals surface area contributed by atoms with Gasteiger partial charge in [0.05, 0.1) is 54.7 Å². The Hall–Kier alpha value is -3.93. The topological polar surface area (TPSA) is 108 Å². The number of rotatable bonds is 3. The summed E-state index contributed by atoms with van der Waals surface area (Å²) in [5.74, 6) is -0.379. The van der Waals surface area contributed by atoms with E-state index in [2.05, 4.69) is 19.7 Å². The lowest BCUT2D eigenvalue weighted by Gasteiger charge is -2.35. The number of aromatic nitrogens is 4. The Morgan fingerprint density at radius 1 is 1.18 bits per heavy atom. The summed E-state index contributed by atoms with van der Waals surface area (Å²) < 4.78 is 48.4. The molecule has 1 saturated heterocycles. The lowest BCUT2D eigenvalue weighted by Crippen LogP contribution is -2.43. The number of nitrogen functional groups attached to an aromatic ring is 1. The Balaban J connectivity index is 1.46. The fraction of sp³-hybridized carbons (Fsp3) is 0.238. The van der Waals surface area contributed by atoms with Crippen LogP contribution in [0.25, 0.3) is 16.6 Å². The van der Waals surface area contributed by atoms with E-state index in [9.17, 15) is 18.0 Å². The molecule has 0 radical (unpaired) electrons. The number of morpholine rings is 1. The summed E-state index contributed by atoms with van der Waals surface area (Å²) in [5.41, 5.74) is 8.67. The Morgan fingerprint density at radius 2 is 2.03 bits per heavy atom. The van der Waals surface area contributed by atoms with Crippen LogP contribution in [0.1, 0.15) is 22.1 Å². The van der Waals surface area contributed by atoms with Crippen molar-refractivity contribution in [3.05, 3.63) is 60.3 Å².